The molecule has 2 atom stereocenters. The fraction of sp³-hybridized carbons (Fsp3) is 0.600. The SMILES string of the molecule is Cc1ccccc1CC(=O)NCC(=O)N[C@@H](C)CCCC(N)CCCN. The standard InChI is InChI=1S/C20H34N4O2/c1-15-7-3-4-9-17(15)13-19(25)23-14-20(26)24-16(2)8-5-10-18(22)11-6-12-21/h3-4,7,9,16,18H,5-6,8,10-14,21-22H2,1-2H3,(H,23,25)(H,24,26)/t16-,18?/m0/s1. The van der Waals surface area contributed by atoms with Gasteiger partial charge >= 0.3 is 0 Å². The van der Waals surface area contributed by atoms with E-state index in [1.807, 2.05) is 38.1 Å². The van der Waals surface area contributed by atoms with Gasteiger partial charge in [-0.3, -0.25) is 9.59 Å². The summed E-state index contributed by atoms with van der Waals surface area (Å²) in [5, 5.41) is 5.59. The summed E-state index contributed by atoms with van der Waals surface area (Å²) in [7, 11) is 0. The average Bonchev–Trinajstić information content (AvgIpc) is 2.60. The normalized spacial score (nSPS) is 13.1. The van der Waals surface area contributed by atoms with Crippen LogP contribution in [0.1, 0.15) is 50.2 Å². The fourth-order valence-corrected chi connectivity index (χ4v) is 2.83. The number of rotatable bonds is 12. The molecule has 0 aliphatic rings. The molecule has 0 saturated heterocycles. The van der Waals surface area contributed by atoms with Gasteiger partial charge in [0, 0.05) is 12.1 Å². The Hall–Kier alpha value is -1.92. The van der Waals surface area contributed by atoms with E-state index in [4.69, 9.17) is 11.5 Å². The van der Waals surface area contributed by atoms with Gasteiger partial charge in [-0.2, -0.15) is 0 Å². The van der Waals surface area contributed by atoms with Crippen LogP contribution in [0.25, 0.3) is 0 Å². The maximum absolute atomic E-state index is 12.0. The predicted molar refractivity (Wildman–Crippen MR) is 106 cm³/mol. The molecule has 0 heterocycles. The number of hydrogen-bond donors (Lipinski definition) is 4. The van der Waals surface area contributed by atoms with Crippen molar-refractivity contribution >= 4 is 11.8 Å². The molecule has 26 heavy (non-hydrogen) atoms. The third-order valence-electron chi connectivity index (χ3n) is 4.46. The predicted octanol–water partition coefficient (Wildman–Crippen LogP) is 1.39. The van der Waals surface area contributed by atoms with Gasteiger partial charge in [-0.1, -0.05) is 24.3 Å². The molecule has 1 unspecified atom stereocenters. The summed E-state index contributed by atoms with van der Waals surface area (Å²) in [6.45, 7) is 4.62. The van der Waals surface area contributed by atoms with Crippen molar-refractivity contribution in [1.29, 1.82) is 0 Å². The Balaban J connectivity index is 2.18. The zero-order valence-electron chi connectivity index (χ0n) is 16.1. The minimum atomic E-state index is -0.164. The number of nitrogens with two attached hydrogens (primary N) is 2. The van der Waals surface area contributed by atoms with E-state index in [0.717, 1.165) is 43.2 Å². The molecule has 0 radical (unpaired) electrons. The molecule has 1 aromatic carbocycles. The lowest BCUT2D eigenvalue weighted by atomic mass is 10.0. The van der Waals surface area contributed by atoms with E-state index >= 15 is 0 Å². The van der Waals surface area contributed by atoms with Gasteiger partial charge in [0.2, 0.25) is 11.8 Å². The van der Waals surface area contributed by atoms with Crippen LogP contribution in [0.3, 0.4) is 0 Å². The second-order valence-electron chi connectivity index (χ2n) is 6.97. The molecule has 0 saturated carbocycles. The van der Waals surface area contributed by atoms with E-state index < -0.39 is 0 Å². The van der Waals surface area contributed by atoms with Crippen LogP contribution in [0.15, 0.2) is 24.3 Å². The first-order valence-corrected chi connectivity index (χ1v) is 9.48. The maximum Gasteiger partial charge on any atom is 0.239 e. The number of benzene rings is 1. The van der Waals surface area contributed by atoms with Crippen molar-refractivity contribution in [2.24, 2.45) is 11.5 Å². The molecule has 0 fully saturated rings. The van der Waals surface area contributed by atoms with Crippen LogP contribution in [0.5, 0.6) is 0 Å². The van der Waals surface area contributed by atoms with Crippen molar-refractivity contribution in [2.45, 2.75) is 64.5 Å². The van der Waals surface area contributed by atoms with E-state index in [0.29, 0.717) is 6.54 Å². The van der Waals surface area contributed by atoms with Crippen LogP contribution in [-0.2, 0) is 16.0 Å². The smallest absolute Gasteiger partial charge is 0.239 e. The number of amides is 2. The van der Waals surface area contributed by atoms with Gasteiger partial charge in [-0.25, -0.2) is 0 Å². The van der Waals surface area contributed by atoms with E-state index in [2.05, 4.69) is 10.6 Å². The average molecular weight is 363 g/mol. The van der Waals surface area contributed by atoms with Crippen molar-refractivity contribution < 1.29 is 9.59 Å². The summed E-state index contributed by atoms with van der Waals surface area (Å²) in [5.74, 6) is -0.309. The highest BCUT2D eigenvalue weighted by Gasteiger charge is 2.11. The number of hydrogen-bond acceptors (Lipinski definition) is 4. The van der Waals surface area contributed by atoms with Crippen molar-refractivity contribution in [1.82, 2.24) is 10.6 Å². The van der Waals surface area contributed by atoms with E-state index in [-0.39, 0.29) is 36.9 Å². The molecular formula is C20H34N4O2. The van der Waals surface area contributed by atoms with E-state index in [1.165, 1.54) is 0 Å². The first kappa shape index (κ1) is 22.1. The maximum atomic E-state index is 12.0. The van der Waals surface area contributed by atoms with E-state index in [9.17, 15) is 9.59 Å². The van der Waals surface area contributed by atoms with Gasteiger partial charge in [0.15, 0.2) is 0 Å². The van der Waals surface area contributed by atoms with Crippen molar-refractivity contribution in [3.63, 3.8) is 0 Å². The quantitative estimate of drug-likeness (QED) is 0.450. The van der Waals surface area contributed by atoms with Crippen LogP contribution in [-0.4, -0.2) is 37.0 Å². The molecule has 1 rings (SSSR count). The Bertz CT molecular complexity index is 562. The molecule has 2 amide bonds. The zero-order chi connectivity index (χ0) is 19.4. The highest BCUT2D eigenvalue weighted by Crippen LogP contribution is 2.08. The molecular weight excluding hydrogens is 328 g/mol. The molecule has 6 heteroatoms. The van der Waals surface area contributed by atoms with Gasteiger partial charge in [0.05, 0.1) is 13.0 Å². The Kier molecular flexibility index (Phi) is 10.6. The summed E-state index contributed by atoms with van der Waals surface area (Å²) in [5.41, 5.74) is 13.5. The van der Waals surface area contributed by atoms with Crippen molar-refractivity contribution in [3.05, 3.63) is 35.4 Å². The van der Waals surface area contributed by atoms with Crippen molar-refractivity contribution in [3.8, 4) is 0 Å². The number of carbonyl (C=O) groups is 2. The molecule has 146 valence electrons. The molecule has 0 aliphatic carbocycles. The molecule has 6 nitrogen and oxygen atoms in total. The minimum Gasteiger partial charge on any atom is -0.352 e. The number of aryl methyl sites for hydroxylation is 1. The van der Waals surface area contributed by atoms with Gasteiger partial charge in [0.25, 0.3) is 0 Å². The summed E-state index contributed by atoms with van der Waals surface area (Å²) in [6.07, 6.45) is 4.97. The minimum absolute atomic E-state index is 0.00503. The first-order chi connectivity index (χ1) is 12.4. The third kappa shape index (κ3) is 9.53. The number of nitrogens with one attached hydrogen (secondary N) is 2. The Morgan fingerprint density at radius 2 is 1.77 bits per heavy atom. The number of carbonyl (C=O) groups excluding carboxylic acids is 2. The lowest BCUT2D eigenvalue weighted by Gasteiger charge is -2.16. The molecule has 0 aromatic heterocycles. The summed E-state index contributed by atoms with van der Waals surface area (Å²) < 4.78 is 0. The topological polar surface area (TPSA) is 110 Å². The Morgan fingerprint density at radius 3 is 2.46 bits per heavy atom. The summed E-state index contributed by atoms with van der Waals surface area (Å²) >= 11 is 0. The van der Waals surface area contributed by atoms with E-state index in [1.54, 1.807) is 0 Å². The van der Waals surface area contributed by atoms with Gasteiger partial charge in [0.1, 0.15) is 0 Å². The first-order valence-electron chi connectivity index (χ1n) is 9.48. The lowest BCUT2D eigenvalue weighted by molar-refractivity contribution is -0.126. The van der Waals surface area contributed by atoms with Gasteiger partial charge in [-0.05, 0) is 63.6 Å². The van der Waals surface area contributed by atoms with Crippen LogP contribution in [0, 0.1) is 6.92 Å². The largest absolute Gasteiger partial charge is 0.352 e. The van der Waals surface area contributed by atoms with Crippen molar-refractivity contribution in [2.75, 3.05) is 13.1 Å². The highest BCUT2D eigenvalue weighted by atomic mass is 16.2. The van der Waals surface area contributed by atoms with Crippen LogP contribution >= 0.6 is 0 Å². The summed E-state index contributed by atoms with van der Waals surface area (Å²) in [6, 6.07) is 8.00. The summed E-state index contributed by atoms with van der Waals surface area (Å²) in [4.78, 5) is 23.9. The van der Waals surface area contributed by atoms with Gasteiger partial charge in [-0.15, -0.1) is 0 Å². The highest BCUT2D eigenvalue weighted by molar-refractivity contribution is 5.85. The molecule has 6 N–H and O–H groups in total. The molecule has 1 aromatic rings. The monoisotopic (exact) mass is 362 g/mol. The fourth-order valence-electron chi connectivity index (χ4n) is 2.83. The van der Waals surface area contributed by atoms with Gasteiger partial charge < -0.3 is 22.1 Å². The Labute approximate surface area is 157 Å². The van der Waals surface area contributed by atoms with Crippen LogP contribution in [0.2, 0.25) is 0 Å². The van der Waals surface area contributed by atoms with Crippen LogP contribution in [0.4, 0.5) is 0 Å². The zero-order valence-corrected chi connectivity index (χ0v) is 16.1. The molecule has 0 spiro atoms. The lowest BCUT2D eigenvalue weighted by Crippen LogP contribution is -2.41. The molecule has 0 aliphatic heterocycles. The molecule has 0 bridgehead atoms. The third-order valence-corrected chi connectivity index (χ3v) is 4.46. The van der Waals surface area contributed by atoms with Crippen LogP contribution < -0.4 is 22.1 Å². The Morgan fingerprint density at radius 1 is 1.08 bits per heavy atom. The second-order valence-corrected chi connectivity index (χ2v) is 6.97. The second kappa shape index (κ2) is 12.4.